The summed E-state index contributed by atoms with van der Waals surface area (Å²) in [4.78, 5) is 4.81. The van der Waals surface area contributed by atoms with Gasteiger partial charge in [-0.3, -0.25) is 0 Å². The highest BCUT2D eigenvalue weighted by Crippen LogP contribution is 2.24. The average molecular weight is 244 g/mol. The number of imidazole rings is 1. The second-order valence-electron chi connectivity index (χ2n) is 6.26. The molecule has 2 aromatic rings. The van der Waals surface area contributed by atoms with E-state index in [-0.39, 0.29) is 5.41 Å². The van der Waals surface area contributed by atoms with Crippen LogP contribution in [0.2, 0.25) is 0 Å². The smallest absolute Gasteiger partial charge is 0.110 e. The minimum atomic E-state index is 0.283. The van der Waals surface area contributed by atoms with Gasteiger partial charge in [0.2, 0.25) is 0 Å². The Morgan fingerprint density at radius 2 is 1.89 bits per heavy atom. The Labute approximate surface area is 110 Å². The molecule has 0 bridgehead atoms. The summed E-state index contributed by atoms with van der Waals surface area (Å²) in [6, 6.07) is 8.47. The lowest BCUT2D eigenvalue weighted by atomic mass is 9.92. The van der Waals surface area contributed by atoms with Crippen LogP contribution in [-0.4, -0.2) is 9.55 Å². The molecule has 0 saturated carbocycles. The molecule has 2 nitrogen and oxygen atoms in total. The molecule has 1 heterocycles. The number of benzene rings is 1. The summed E-state index contributed by atoms with van der Waals surface area (Å²) >= 11 is 0. The van der Waals surface area contributed by atoms with Crippen molar-refractivity contribution in [1.29, 1.82) is 0 Å². The van der Waals surface area contributed by atoms with Crippen molar-refractivity contribution in [3.8, 4) is 0 Å². The van der Waals surface area contributed by atoms with E-state index in [4.69, 9.17) is 4.98 Å². The summed E-state index contributed by atoms with van der Waals surface area (Å²) in [5, 5.41) is 0. The van der Waals surface area contributed by atoms with Crippen LogP contribution >= 0.6 is 0 Å². The maximum atomic E-state index is 4.81. The van der Waals surface area contributed by atoms with E-state index in [0.717, 1.165) is 18.5 Å². The van der Waals surface area contributed by atoms with Gasteiger partial charge in [-0.15, -0.1) is 0 Å². The zero-order valence-electron chi connectivity index (χ0n) is 12.0. The maximum absolute atomic E-state index is 4.81. The van der Waals surface area contributed by atoms with Gasteiger partial charge < -0.3 is 4.57 Å². The summed E-state index contributed by atoms with van der Waals surface area (Å²) in [5.74, 6) is 1.23. The molecule has 0 saturated heterocycles. The summed E-state index contributed by atoms with van der Waals surface area (Å²) in [5.41, 5.74) is 2.70. The van der Waals surface area contributed by atoms with E-state index in [1.165, 1.54) is 24.2 Å². The first-order valence-electron chi connectivity index (χ1n) is 6.95. The Kier molecular flexibility index (Phi) is 3.74. The van der Waals surface area contributed by atoms with E-state index in [2.05, 4.69) is 56.5 Å². The maximum Gasteiger partial charge on any atom is 0.110 e. The molecule has 0 spiro atoms. The number of rotatable bonds is 4. The van der Waals surface area contributed by atoms with Gasteiger partial charge in [0, 0.05) is 13.0 Å². The molecule has 0 aliphatic rings. The first kappa shape index (κ1) is 13.1. The zero-order chi connectivity index (χ0) is 13.2. The fourth-order valence-electron chi connectivity index (χ4n) is 2.30. The molecular formula is C16H24N2. The van der Waals surface area contributed by atoms with Crippen molar-refractivity contribution < 1.29 is 0 Å². The molecule has 1 aromatic heterocycles. The molecule has 18 heavy (non-hydrogen) atoms. The molecule has 0 aliphatic carbocycles. The van der Waals surface area contributed by atoms with Gasteiger partial charge in [0.25, 0.3) is 0 Å². The average Bonchev–Trinajstić information content (AvgIpc) is 2.61. The largest absolute Gasteiger partial charge is 0.328 e. The first-order valence-corrected chi connectivity index (χ1v) is 6.95. The molecule has 0 amide bonds. The highest BCUT2D eigenvalue weighted by Gasteiger charge is 2.17. The zero-order valence-corrected chi connectivity index (χ0v) is 12.0. The Balaban J connectivity index is 2.43. The lowest BCUT2D eigenvalue weighted by Crippen LogP contribution is -2.14. The van der Waals surface area contributed by atoms with E-state index in [1.807, 2.05) is 0 Å². The van der Waals surface area contributed by atoms with Gasteiger partial charge in [0.15, 0.2) is 0 Å². The van der Waals surface area contributed by atoms with Crippen LogP contribution in [0.15, 0.2) is 24.3 Å². The molecule has 0 N–H and O–H groups in total. The van der Waals surface area contributed by atoms with Gasteiger partial charge in [0.1, 0.15) is 5.82 Å². The van der Waals surface area contributed by atoms with Crippen molar-refractivity contribution in [2.75, 3.05) is 0 Å². The van der Waals surface area contributed by atoms with Crippen molar-refractivity contribution in [2.45, 2.75) is 53.5 Å². The van der Waals surface area contributed by atoms with E-state index < -0.39 is 0 Å². The number of hydrogen-bond donors (Lipinski definition) is 0. The third-order valence-corrected chi connectivity index (χ3v) is 3.16. The number of unbranched alkanes of at least 4 members (excludes halogenated alkanes) is 1. The minimum absolute atomic E-state index is 0.283. The predicted molar refractivity (Wildman–Crippen MR) is 77.8 cm³/mol. The molecule has 0 radical (unpaired) electrons. The first-order chi connectivity index (χ1) is 8.51. The van der Waals surface area contributed by atoms with Crippen molar-refractivity contribution in [1.82, 2.24) is 9.55 Å². The Hall–Kier alpha value is -1.31. The summed E-state index contributed by atoms with van der Waals surface area (Å²) in [6.45, 7) is 10.1. The lowest BCUT2D eigenvalue weighted by molar-refractivity contribution is 0.391. The lowest BCUT2D eigenvalue weighted by Gasteiger charge is -2.18. The number of nitrogens with zero attached hydrogens (tertiary/aromatic N) is 2. The fraction of sp³-hybridized carbons (Fsp3) is 0.562. The monoisotopic (exact) mass is 244 g/mol. The quantitative estimate of drug-likeness (QED) is 0.778. The molecule has 98 valence electrons. The molecule has 0 aliphatic heterocycles. The number of para-hydroxylation sites is 2. The van der Waals surface area contributed by atoms with Crippen LogP contribution in [0.5, 0.6) is 0 Å². The molecule has 1 aromatic carbocycles. The van der Waals surface area contributed by atoms with Crippen molar-refractivity contribution in [3.63, 3.8) is 0 Å². The third-order valence-electron chi connectivity index (χ3n) is 3.16. The van der Waals surface area contributed by atoms with Crippen LogP contribution in [0.25, 0.3) is 11.0 Å². The molecule has 0 fully saturated rings. The Morgan fingerprint density at radius 1 is 1.17 bits per heavy atom. The van der Waals surface area contributed by atoms with Gasteiger partial charge in [-0.05, 0) is 24.0 Å². The van der Waals surface area contributed by atoms with Gasteiger partial charge in [-0.2, -0.15) is 0 Å². The molecule has 0 unspecified atom stereocenters. The van der Waals surface area contributed by atoms with Gasteiger partial charge in [-0.25, -0.2) is 4.98 Å². The summed E-state index contributed by atoms with van der Waals surface area (Å²) in [6.07, 6.45) is 3.48. The number of aromatic nitrogens is 2. The van der Waals surface area contributed by atoms with Crippen molar-refractivity contribution >= 4 is 11.0 Å². The summed E-state index contributed by atoms with van der Waals surface area (Å²) < 4.78 is 2.41. The Bertz CT molecular complexity index is 517. The number of hydrogen-bond acceptors (Lipinski definition) is 1. The topological polar surface area (TPSA) is 17.8 Å². The van der Waals surface area contributed by atoms with Crippen LogP contribution in [0.4, 0.5) is 0 Å². The van der Waals surface area contributed by atoms with Gasteiger partial charge in [-0.1, -0.05) is 46.2 Å². The van der Waals surface area contributed by atoms with Crippen molar-refractivity contribution in [2.24, 2.45) is 5.41 Å². The number of fused-ring (bicyclic) bond motifs is 1. The minimum Gasteiger partial charge on any atom is -0.328 e. The van der Waals surface area contributed by atoms with Crippen LogP contribution in [0, 0.1) is 5.41 Å². The highest BCUT2D eigenvalue weighted by atomic mass is 15.1. The van der Waals surface area contributed by atoms with E-state index in [9.17, 15) is 0 Å². The summed E-state index contributed by atoms with van der Waals surface area (Å²) in [7, 11) is 0. The van der Waals surface area contributed by atoms with Gasteiger partial charge >= 0.3 is 0 Å². The predicted octanol–water partition coefficient (Wildman–Crippen LogP) is 4.43. The third kappa shape index (κ3) is 2.92. The molecule has 0 atom stereocenters. The second kappa shape index (κ2) is 5.13. The normalized spacial score (nSPS) is 12.2. The number of aryl methyl sites for hydroxylation is 1. The molecule has 2 heteroatoms. The molecule has 2 rings (SSSR count). The standard InChI is InChI=1S/C16H24N2/c1-5-6-11-18-14-10-8-7-9-13(14)17-15(18)12-16(2,3)4/h7-10H,5-6,11-12H2,1-4H3. The van der Waals surface area contributed by atoms with Crippen LogP contribution < -0.4 is 0 Å². The fourth-order valence-corrected chi connectivity index (χ4v) is 2.30. The van der Waals surface area contributed by atoms with Crippen LogP contribution in [-0.2, 0) is 13.0 Å². The Morgan fingerprint density at radius 3 is 2.56 bits per heavy atom. The van der Waals surface area contributed by atoms with Gasteiger partial charge in [0.05, 0.1) is 11.0 Å². The van der Waals surface area contributed by atoms with Crippen LogP contribution in [0.3, 0.4) is 0 Å². The van der Waals surface area contributed by atoms with Crippen LogP contribution in [0.1, 0.15) is 46.4 Å². The van der Waals surface area contributed by atoms with Crippen molar-refractivity contribution in [3.05, 3.63) is 30.1 Å². The van der Waals surface area contributed by atoms with E-state index in [1.54, 1.807) is 0 Å². The van der Waals surface area contributed by atoms with E-state index >= 15 is 0 Å². The second-order valence-corrected chi connectivity index (χ2v) is 6.26. The SMILES string of the molecule is CCCCn1c(CC(C)(C)C)nc2ccccc21. The molecular weight excluding hydrogens is 220 g/mol. The highest BCUT2D eigenvalue weighted by molar-refractivity contribution is 5.75. The van der Waals surface area contributed by atoms with E-state index in [0.29, 0.717) is 0 Å².